The van der Waals surface area contributed by atoms with Crippen molar-refractivity contribution in [1.82, 2.24) is 5.32 Å². The highest BCUT2D eigenvalue weighted by Crippen LogP contribution is 2.39. The van der Waals surface area contributed by atoms with Crippen LogP contribution in [0, 0.1) is 0 Å². The van der Waals surface area contributed by atoms with Gasteiger partial charge in [0.1, 0.15) is 23.3 Å². The molecule has 0 spiro atoms. The number of fused-ring (bicyclic) bond motifs is 1. The molecule has 0 aromatic heterocycles. The molecule has 2 aromatic carbocycles. The molecule has 37 heavy (non-hydrogen) atoms. The third-order valence-electron chi connectivity index (χ3n) is 5.31. The average molecular weight is 515 g/mol. The molecule has 0 bridgehead atoms. The van der Waals surface area contributed by atoms with Gasteiger partial charge in [-0.2, -0.15) is 0 Å². The third kappa shape index (κ3) is 6.48. The first kappa shape index (κ1) is 26.9. The zero-order valence-corrected chi connectivity index (χ0v) is 20.2. The molecule has 3 N–H and O–H groups in total. The summed E-state index contributed by atoms with van der Waals surface area (Å²) in [5, 5.41) is 20.1. The number of benzene rings is 2. The molecule has 0 unspecified atom stereocenters. The Kier molecular flexibility index (Phi) is 8.56. The topological polar surface area (TPSA) is 167 Å². The van der Waals surface area contributed by atoms with Gasteiger partial charge in [0.05, 0.1) is 26.9 Å². The Morgan fingerprint density at radius 3 is 2.30 bits per heavy atom. The number of allylic oxidation sites excluding steroid dienone is 1. The number of rotatable bonds is 12. The Hall–Kier alpha value is -4.74. The largest absolute Gasteiger partial charge is 0.496 e. The van der Waals surface area contributed by atoms with E-state index in [1.165, 1.54) is 45.6 Å². The SMILES string of the molecule is COc1cc(OC)c(OC)cc1C=C1Oc2cc(OCC(=O)N[C@@H](CCC(=O)O)C(=O)O)ccc2C1=O. The zero-order chi connectivity index (χ0) is 27.1. The smallest absolute Gasteiger partial charge is 0.326 e. The highest BCUT2D eigenvalue weighted by Gasteiger charge is 2.29. The zero-order valence-electron chi connectivity index (χ0n) is 20.2. The summed E-state index contributed by atoms with van der Waals surface area (Å²) < 4.78 is 27.1. The van der Waals surface area contributed by atoms with Crippen LogP contribution >= 0.6 is 0 Å². The number of carbonyl (C=O) groups is 4. The molecule has 0 fully saturated rings. The first-order valence-corrected chi connectivity index (χ1v) is 10.9. The van der Waals surface area contributed by atoms with Gasteiger partial charge in [-0.1, -0.05) is 0 Å². The monoisotopic (exact) mass is 515 g/mol. The number of carbonyl (C=O) groups excluding carboxylic acids is 2. The molecule has 12 heteroatoms. The van der Waals surface area contributed by atoms with Gasteiger partial charge in [-0.3, -0.25) is 14.4 Å². The molecule has 0 saturated carbocycles. The van der Waals surface area contributed by atoms with Gasteiger partial charge < -0.3 is 39.2 Å². The second-order valence-electron chi connectivity index (χ2n) is 7.73. The van der Waals surface area contributed by atoms with Crippen LogP contribution in [0.3, 0.4) is 0 Å². The molecule has 196 valence electrons. The van der Waals surface area contributed by atoms with Gasteiger partial charge in [0.25, 0.3) is 5.91 Å². The molecule has 3 rings (SSSR count). The maximum absolute atomic E-state index is 12.9. The van der Waals surface area contributed by atoms with E-state index in [1.54, 1.807) is 12.1 Å². The van der Waals surface area contributed by atoms with E-state index in [1.807, 2.05) is 0 Å². The average Bonchev–Trinajstić information content (AvgIpc) is 3.18. The van der Waals surface area contributed by atoms with Crippen molar-refractivity contribution in [3.05, 3.63) is 47.2 Å². The molecule has 0 saturated heterocycles. The number of hydrogen-bond acceptors (Lipinski definition) is 9. The summed E-state index contributed by atoms with van der Waals surface area (Å²) in [5.74, 6) is -1.93. The minimum atomic E-state index is -1.37. The number of methoxy groups -OCH3 is 3. The van der Waals surface area contributed by atoms with Gasteiger partial charge in [0, 0.05) is 24.1 Å². The molecule has 0 aliphatic carbocycles. The van der Waals surface area contributed by atoms with E-state index in [-0.39, 0.29) is 35.0 Å². The van der Waals surface area contributed by atoms with E-state index in [9.17, 15) is 19.2 Å². The number of aliphatic carboxylic acids is 2. The fourth-order valence-electron chi connectivity index (χ4n) is 3.47. The van der Waals surface area contributed by atoms with Gasteiger partial charge in [-0.05, 0) is 30.7 Å². The van der Waals surface area contributed by atoms with Crippen molar-refractivity contribution in [2.45, 2.75) is 18.9 Å². The van der Waals surface area contributed by atoms with Crippen LogP contribution in [0.25, 0.3) is 6.08 Å². The van der Waals surface area contributed by atoms with E-state index in [0.29, 0.717) is 22.8 Å². The van der Waals surface area contributed by atoms with Crippen LogP contribution < -0.4 is 29.0 Å². The number of nitrogens with one attached hydrogen (secondary N) is 1. The lowest BCUT2D eigenvalue weighted by Gasteiger charge is -2.14. The summed E-state index contributed by atoms with van der Waals surface area (Å²) in [7, 11) is 4.44. The number of amides is 1. The summed E-state index contributed by atoms with van der Waals surface area (Å²) in [6.07, 6.45) is 0.810. The first-order chi connectivity index (χ1) is 17.7. The lowest BCUT2D eigenvalue weighted by atomic mass is 10.1. The predicted octanol–water partition coefficient (Wildman–Crippen LogP) is 2.14. The van der Waals surface area contributed by atoms with E-state index < -0.39 is 36.9 Å². The van der Waals surface area contributed by atoms with E-state index in [4.69, 9.17) is 33.9 Å². The molecule has 1 heterocycles. The van der Waals surface area contributed by atoms with Gasteiger partial charge in [-0.15, -0.1) is 0 Å². The highest BCUT2D eigenvalue weighted by molar-refractivity contribution is 6.14. The molecular formula is C25H25NO11. The normalized spacial score (nSPS) is 13.8. The van der Waals surface area contributed by atoms with Crippen LogP contribution in [-0.4, -0.2) is 67.8 Å². The van der Waals surface area contributed by atoms with Gasteiger partial charge in [0.2, 0.25) is 5.78 Å². The molecule has 1 atom stereocenters. The number of ketones is 1. The number of Topliss-reactive ketones (excluding diaryl/α,β-unsaturated/α-hetero) is 1. The maximum atomic E-state index is 12.9. The van der Waals surface area contributed by atoms with Crippen molar-refractivity contribution in [3.63, 3.8) is 0 Å². The number of carboxylic acids is 2. The molecule has 1 amide bonds. The molecule has 1 aliphatic heterocycles. The summed E-state index contributed by atoms with van der Waals surface area (Å²) in [6.45, 7) is -0.533. The van der Waals surface area contributed by atoms with Crippen molar-refractivity contribution >= 4 is 29.7 Å². The summed E-state index contributed by atoms with van der Waals surface area (Å²) in [6, 6.07) is 6.25. The van der Waals surface area contributed by atoms with E-state index in [0.717, 1.165) is 0 Å². The maximum Gasteiger partial charge on any atom is 0.326 e. The minimum absolute atomic E-state index is 0.0261. The Balaban J connectivity index is 1.71. The van der Waals surface area contributed by atoms with Crippen LogP contribution in [0.4, 0.5) is 0 Å². The van der Waals surface area contributed by atoms with Crippen molar-refractivity contribution in [2.24, 2.45) is 0 Å². The molecule has 1 aliphatic rings. The van der Waals surface area contributed by atoms with Gasteiger partial charge >= 0.3 is 11.9 Å². The summed E-state index contributed by atoms with van der Waals surface area (Å²) in [5.41, 5.74) is 0.794. The molecule has 0 radical (unpaired) electrons. The van der Waals surface area contributed by atoms with E-state index in [2.05, 4.69) is 5.32 Å². The molecule has 2 aromatic rings. The Labute approximate surface area is 211 Å². The van der Waals surface area contributed by atoms with Crippen LogP contribution in [-0.2, 0) is 14.4 Å². The highest BCUT2D eigenvalue weighted by atomic mass is 16.5. The quantitative estimate of drug-likeness (QED) is 0.354. The molecule has 12 nitrogen and oxygen atoms in total. The number of hydrogen-bond donors (Lipinski definition) is 3. The lowest BCUT2D eigenvalue weighted by Crippen LogP contribution is -2.43. The van der Waals surface area contributed by atoms with Gasteiger partial charge in [-0.25, -0.2) is 4.79 Å². The number of carboxylic acid groups (broad SMARTS) is 2. The summed E-state index contributed by atoms with van der Waals surface area (Å²) in [4.78, 5) is 46.9. The van der Waals surface area contributed by atoms with Crippen molar-refractivity contribution in [2.75, 3.05) is 27.9 Å². The van der Waals surface area contributed by atoms with Crippen LogP contribution in [0.2, 0.25) is 0 Å². The van der Waals surface area contributed by atoms with Crippen LogP contribution in [0.15, 0.2) is 36.1 Å². The number of ether oxygens (including phenoxy) is 5. The van der Waals surface area contributed by atoms with Crippen molar-refractivity contribution in [1.29, 1.82) is 0 Å². The molecular weight excluding hydrogens is 490 g/mol. The van der Waals surface area contributed by atoms with Crippen molar-refractivity contribution < 1.29 is 53.1 Å². The van der Waals surface area contributed by atoms with Crippen molar-refractivity contribution in [3.8, 4) is 28.7 Å². The van der Waals surface area contributed by atoms with Crippen LogP contribution in [0.1, 0.15) is 28.8 Å². The predicted molar refractivity (Wildman–Crippen MR) is 127 cm³/mol. The van der Waals surface area contributed by atoms with Crippen LogP contribution in [0.5, 0.6) is 28.7 Å². The fourth-order valence-corrected chi connectivity index (χ4v) is 3.47. The first-order valence-electron chi connectivity index (χ1n) is 10.9. The minimum Gasteiger partial charge on any atom is -0.496 e. The third-order valence-corrected chi connectivity index (χ3v) is 5.31. The lowest BCUT2D eigenvalue weighted by molar-refractivity contribution is -0.143. The Bertz CT molecular complexity index is 1250. The van der Waals surface area contributed by atoms with Gasteiger partial charge in [0.15, 0.2) is 23.9 Å². The Morgan fingerprint density at radius 2 is 1.68 bits per heavy atom. The van der Waals surface area contributed by atoms with E-state index >= 15 is 0 Å². The Morgan fingerprint density at radius 1 is 1.00 bits per heavy atom. The second kappa shape index (κ2) is 11.8. The second-order valence-corrected chi connectivity index (χ2v) is 7.73. The standard InChI is InChI=1S/C25H25NO11/c1-33-17-11-20(35-3)19(34-2)8-13(17)9-21-24(30)15-5-4-14(10-18(15)37-21)36-12-22(27)26-16(25(31)32)6-7-23(28)29/h4-5,8-11,16H,6-7,12H2,1-3H3,(H,26,27)(H,28,29)(H,31,32)/t16-/m0/s1. The fraction of sp³-hybridized carbons (Fsp3) is 0.280. The summed E-state index contributed by atoms with van der Waals surface area (Å²) >= 11 is 0.